The molecule has 0 saturated carbocycles. The van der Waals surface area contributed by atoms with E-state index in [2.05, 4.69) is 96.8 Å². The minimum absolute atomic E-state index is 0.187. The van der Waals surface area contributed by atoms with Crippen LogP contribution in [0.4, 0.5) is 17.1 Å². The standard InChI is InChI=1S/C25H18BNO/c1-17-15-22-25-24(16-17)28-23-14-8-6-12-20(23)26(25)19-11-5-7-13-21(19)27(22)18-9-3-2-4-10-18/h2-16H,1H3. The summed E-state index contributed by atoms with van der Waals surface area (Å²) in [5.41, 5.74) is 8.62. The lowest BCUT2D eigenvalue weighted by atomic mass is 9.34. The molecule has 0 atom stereocenters. The topological polar surface area (TPSA) is 12.5 Å². The van der Waals surface area contributed by atoms with Gasteiger partial charge < -0.3 is 9.64 Å². The fourth-order valence-electron chi connectivity index (χ4n) is 4.63. The average molecular weight is 359 g/mol. The second-order valence-corrected chi connectivity index (χ2v) is 7.50. The van der Waals surface area contributed by atoms with Crippen molar-refractivity contribution < 1.29 is 4.74 Å². The van der Waals surface area contributed by atoms with E-state index in [1.807, 2.05) is 6.07 Å². The molecule has 0 saturated heterocycles. The molecule has 3 heteroatoms. The van der Waals surface area contributed by atoms with E-state index < -0.39 is 0 Å². The van der Waals surface area contributed by atoms with Crippen LogP contribution in [0.5, 0.6) is 11.5 Å². The summed E-state index contributed by atoms with van der Waals surface area (Å²) in [6.07, 6.45) is 0. The van der Waals surface area contributed by atoms with Gasteiger partial charge in [-0.25, -0.2) is 0 Å². The highest BCUT2D eigenvalue weighted by atomic mass is 16.5. The van der Waals surface area contributed by atoms with E-state index in [0.717, 1.165) is 11.5 Å². The molecule has 0 bridgehead atoms. The summed E-state index contributed by atoms with van der Waals surface area (Å²) in [7, 11) is 0. The Kier molecular flexibility index (Phi) is 3.21. The van der Waals surface area contributed by atoms with Crippen LogP contribution in [0.25, 0.3) is 0 Å². The Morgan fingerprint density at radius 1 is 0.679 bits per heavy atom. The average Bonchev–Trinajstić information content (AvgIpc) is 2.74. The quantitative estimate of drug-likeness (QED) is 0.404. The Bertz CT molecular complexity index is 1220. The molecule has 2 nitrogen and oxygen atoms in total. The molecule has 0 radical (unpaired) electrons. The van der Waals surface area contributed by atoms with Gasteiger partial charge >= 0.3 is 0 Å². The van der Waals surface area contributed by atoms with Crippen LogP contribution in [0.1, 0.15) is 5.56 Å². The van der Waals surface area contributed by atoms with Crippen molar-refractivity contribution >= 4 is 40.2 Å². The molecule has 6 rings (SSSR count). The molecule has 2 heterocycles. The predicted molar refractivity (Wildman–Crippen MR) is 117 cm³/mol. The molecule has 4 aromatic rings. The van der Waals surface area contributed by atoms with Crippen LogP contribution in [0.15, 0.2) is 91.0 Å². The zero-order valence-corrected chi connectivity index (χ0v) is 15.6. The molecule has 0 aliphatic carbocycles. The summed E-state index contributed by atoms with van der Waals surface area (Å²) in [6, 6.07) is 32.2. The number of ether oxygens (including phenoxy) is 1. The van der Waals surface area contributed by atoms with Crippen LogP contribution in [-0.4, -0.2) is 6.71 Å². The fraction of sp³-hybridized carbons (Fsp3) is 0.0400. The monoisotopic (exact) mass is 359 g/mol. The Labute approximate surface area is 165 Å². The van der Waals surface area contributed by atoms with E-state index in [4.69, 9.17) is 4.74 Å². The van der Waals surface area contributed by atoms with Crippen LogP contribution < -0.4 is 26.0 Å². The molecule has 0 spiro atoms. The lowest BCUT2D eigenvalue weighted by Crippen LogP contribution is -2.59. The summed E-state index contributed by atoms with van der Waals surface area (Å²) in [5, 5.41) is 0. The van der Waals surface area contributed by atoms with E-state index in [1.54, 1.807) is 0 Å². The number of aryl methyl sites for hydroxylation is 1. The highest BCUT2D eigenvalue weighted by molar-refractivity contribution is 6.99. The molecule has 0 N–H and O–H groups in total. The van der Waals surface area contributed by atoms with Gasteiger partial charge in [-0.1, -0.05) is 54.6 Å². The van der Waals surface area contributed by atoms with Crippen molar-refractivity contribution in [1.82, 2.24) is 0 Å². The molecule has 0 unspecified atom stereocenters. The number of para-hydroxylation sites is 3. The zero-order chi connectivity index (χ0) is 18.7. The number of fused-ring (bicyclic) bond motifs is 4. The molecular formula is C25H18BNO. The Morgan fingerprint density at radius 3 is 2.25 bits per heavy atom. The smallest absolute Gasteiger partial charge is 0.256 e. The Morgan fingerprint density at radius 2 is 1.39 bits per heavy atom. The number of benzene rings is 4. The lowest BCUT2D eigenvalue weighted by Gasteiger charge is -2.40. The molecule has 2 aliphatic heterocycles. The van der Waals surface area contributed by atoms with Gasteiger partial charge in [0.05, 0.1) is 0 Å². The number of hydrogen-bond acceptors (Lipinski definition) is 2. The van der Waals surface area contributed by atoms with Gasteiger partial charge in [-0.2, -0.15) is 0 Å². The first-order valence-corrected chi connectivity index (χ1v) is 9.67. The molecular weight excluding hydrogens is 341 g/mol. The molecule has 0 aromatic heterocycles. The SMILES string of the molecule is Cc1cc2c3c(c1)N(c1ccccc1)c1ccccc1B3c1ccccc1O2. The predicted octanol–water partition coefficient (Wildman–Crippen LogP) is 4.40. The van der Waals surface area contributed by atoms with E-state index in [1.165, 1.54) is 39.0 Å². The normalized spacial score (nSPS) is 13.3. The van der Waals surface area contributed by atoms with Crippen molar-refractivity contribution in [1.29, 1.82) is 0 Å². The van der Waals surface area contributed by atoms with E-state index >= 15 is 0 Å². The molecule has 0 amide bonds. The van der Waals surface area contributed by atoms with Gasteiger partial charge in [-0.05, 0) is 65.3 Å². The maximum absolute atomic E-state index is 6.38. The third kappa shape index (κ3) is 2.10. The van der Waals surface area contributed by atoms with E-state index in [9.17, 15) is 0 Å². The number of rotatable bonds is 1. The largest absolute Gasteiger partial charge is 0.458 e. The van der Waals surface area contributed by atoms with Crippen molar-refractivity contribution in [2.45, 2.75) is 6.92 Å². The van der Waals surface area contributed by atoms with Crippen LogP contribution in [0.2, 0.25) is 0 Å². The minimum Gasteiger partial charge on any atom is -0.458 e. The third-order valence-electron chi connectivity index (χ3n) is 5.75. The Hall–Kier alpha value is -3.46. The molecule has 4 aromatic carbocycles. The zero-order valence-electron chi connectivity index (χ0n) is 15.6. The first kappa shape index (κ1) is 15.6. The summed E-state index contributed by atoms with van der Waals surface area (Å²) >= 11 is 0. The lowest BCUT2D eigenvalue weighted by molar-refractivity contribution is 0.487. The van der Waals surface area contributed by atoms with E-state index in [-0.39, 0.29) is 6.71 Å². The van der Waals surface area contributed by atoms with Crippen molar-refractivity contribution in [3.8, 4) is 11.5 Å². The first-order chi connectivity index (χ1) is 13.8. The Balaban J connectivity index is 1.72. The van der Waals surface area contributed by atoms with Gasteiger partial charge in [-0.3, -0.25) is 0 Å². The van der Waals surface area contributed by atoms with Crippen molar-refractivity contribution in [2.75, 3.05) is 4.90 Å². The van der Waals surface area contributed by atoms with Crippen molar-refractivity contribution in [3.05, 3.63) is 96.6 Å². The van der Waals surface area contributed by atoms with Gasteiger partial charge in [-0.15, -0.1) is 0 Å². The van der Waals surface area contributed by atoms with Crippen molar-refractivity contribution in [2.24, 2.45) is 0 Å². The summed E-state index contributed by atoms with van der Waals surface area (Å²) in [4.78, 5) is 2.37. The van der Waals surface area contributed by atoms with Gasteiger partial charge in [0.1, 0.15) is 11.5 Å². The number of hydrogen-bond donors (Lipinski definition) is 0. The highest BCUT2D eigenvalue weighted by Gasteiger charge is 2.41. The van der Waals surface area contributed by atoms with Gasteiger partial charge in [0.15, 0.2) is 0 Å². The van der Waals surface area contributed by atoms with Crippen LogP contribution in [0, 0.1) is 6.92 Å². The van der Waals surface area contributed by atoms with Gasteiger partial charge in [0.25, 0.3) is 6.71 Å². The maximum atomic E-state index is 6.38. The summed E-state index contributed by atoms with van der Waals surface area (Å²) in [6.45, 7) is 2.33. The molecule has 0 fully saturated rings. The molecule has 132 valence electrons. The number of nitrogens with zero attached hydrogens (tertiary/aromatic N) is 1. The van der Waals surface area contributed by atoms with Gasteiger partial charge in [0, 0.05) is 17.1 Å². The highest BCUT2D eigenvalue weighted by Crippen LogP contribution is 2.40. The van der Waals surface area contributed by atoms with Crippen molar-refractivity contribution in [3.63, 3.8) is 0 Å². The maximum Gasteiger partial charge on any atom is 0.256 e. The van der Waals surface area contributed by atoms with Crippen LogP contribution in [0.3, 0.4) is 0 Å². The molecule has 2 aliphatic rings. The van der Waals surface area contributed by atoms with Gasteiger partial charge in [0.2, 0.25) is 0 Å². The number of anilines is 3. The second kappa shape index (κ2) is 5.77. The molecule has 28 heavy (non-hydrogen) atoms. The minimum atomic E-state index is 0.187. The van der Waals surface area contributed by atoms with Crippen LogP contribution in [-0.2, 0) is 0 Å². The summed E-state index contributed by atoms with van der Waals surface area (Å²) < 4.78 is 6.38. The van der Waals surface area contributed by atoms with E-state index in [0.29, 0.717) is 0 Å². The fourth-order valence-corrected chi connectivity index (χ4v) is 4.63. The first-order valence-electron chi connectivity index (χ1n) is 9.67. The third-order valence-corrected chi connectivity index (χ3v) is 5.75. The second-order valence-electron chi connectivity index (χ2n) is 7.50. The summed E-state index contributed by atoms with van der Waals surface area (Å²) in [5.74, 6) is 1.92. The van der Waals surface area contributed by atoms with Crippen LogP contribution >= 0.6 is 0 Å².